The fraction of sp³-hybridized carbons (Fsp3) is 1.00. The third kappa shape index (κ3) is 4.19. The molecule has 1 aliphatic heterocycles. The van der Waals surface area contributed by atoms with Crippen molar-refractivity contribution < 1.29 is 13.2 Å². The molecule has 0 radical (unpaired) electrons. The lowest BCUT2D eigenvalue weighted by Crippen LogP contribution is -2.40. The van der Waals surface area contributed by atoms with Crippen LogP contribution in [-0.4, -0.2) is 58.5 Å². The average molecular weight is 276 g/mol. The van der Waals surface area contributed by atoms with Crippen LogP contribution in [0.15, 0.2) is 0 Å². The van der Waals surface area contributed by atoms with Gasteiger partial charge in [-0.3, -0.25) is 0 Å². The van der Waals surface area contributed by atoms with E-state index in [1.54, 1.807) is 7.11 Å². The first-order chi connectivity index (χ1) is 8.62. The molecule has 106 valence electrons. The molecule has 0 amide bonds. The van der Waals surface area contributed by atoms with Gasteiger partial charge in [0, 0.05) is 20.2 Å². The number of methoxy groups -OCH3 is 1. The lowest BCUT2D eigenvalue weighted by Gasteiger charge is -2.31. The second-order valence-electron chi connectivity index (χ2n) is 5.37. The molecular weight excluding hydrogens is 252 g/mol. The molecule has 6 heteroatoms. The van der Waals surface area contributed by atoms with Crippen molar-refractivity contribution in [1.29, 1.82) is 0 Å². The Balaban J connectivity index is 1.64. The van der Waals surface area contributed by atoms with Crippen molar-refractivity contribution in [3.05, 3.63) is 0 Å². The van der Waals surface area contributed by atoms with E-state index >= 15 is 0 Å². The number of sulfonamides is 1. The molecule has 0 aromatic heterocycles. The molecule has 1 heterocycles. The molecule has 2 fully saturated rings. The summed E-state index contributed by atoms with van der Waals surface area (Å²) < 4.78 is 31.2. The van der Waals surface area contributed by atoms with Crippen LogP contribution in [0.3, 0.4) is 0 Å². The van der Waals surface area contributed by atoms with E-state index in [1.165, 1.54) is 0 Å². The average Bonchev–Trinajstić information content (AvgIpc) is 3.20. The van der Waals surface area contributed by atoms with Crippen LogP contribution >= 0.6 is 0 Å². The summed E-state index contributed by atoms with van der Waals surface area (Å²) in [5.74, 6) is 0.498. The zero-order valence-corrected chi connectivity index (χ0v) is 11.9. The zero-order valence-electron chi connectivity index (χ0n) is 11.1. The van der Waals surface area contributed by atoms with Gasteiger partial charge in [0.05, 0.1) is 11.9 Å². The van der Waals surface area contributed by atoms with Crippen LogP contribution in [0.5, 0.6) is 0 Å². The SMILES string of the molecule is COCCN1CCC(CNS(=O)(=O)C2CC2)CC1. The third-order valence-corrected chi connectivity index (χ3v) is 5.77. The summed E-state index contributed by atoms with van der Waals surface area (Å²) >= 11 is 0. The smallest absolute Gasteiger partial charge is 0.214 e. The highest BCUT2D eigenvalue weighted by atomic mass is 32.2. The van der Waals surface area contributed by atoms with Crippen molar-refractivity contribution in [2.45, 2.75) is 30.9 Å². The lowest BCUT2D eigenvalue weighted by molar-refractivity contribution is 0.121. The molecule has 0 unspecified atom stereocenters. The zero-order chi connectivity index (χ0) is 13.0. The molecule has 2 rings (SSSR count). The Labute approximate surface area is 110 Å². The Morgan fingerprint density at radius 2 is 1.89 bits per heavy atom. The number of piperidine rings is 1. The van der Waals surface area contributed by atoms with Gasteiger partial charge in [0.25, 0.3) is 0 Å². The molecule has 0 atom stereocenters. The van der Waals surface area contributed by atoms with Crippen LogP contribution in [0.25, 0.3) is 0 Å². The van der Waals surface area contributed by atoms with E-state index in [4.69, 9.17) is 4.74 Å². The normalized spacial score (nSPS) is 23.4. The van der Waals surface area contributed by atoms with E-state index in [9.17, 15) is 8.42 Å². The number of nitrogens with one attached hydrogen (secondary N) is 1. The van der Waals surface area contributed by atoms with Gasteiger partial charge in [0.15, 0.2) is 0 Å². The maximum atomic E-state index is 11.7. The first kappa shape index (κ1) is 14.2. The summed E-state index contributed by atoms with van der Waals surface area (Å²) in [6, 6.07) is 0. The van der Waals surface area contributed by atoms with E-state index in [0.717, 1.165) is 51.9 Å². The fourth-order valence-corrected chi connectivity index (χ4v) is 3.83. The van der Waals surface area contributed by atoms with Gasteiger partial charge in [-0.25, -0.2) is 13.1 Å². The Morgan fingerprint density at radius 1 is 1.22 bits per heavy atom. The quantitative estimate of drug-likeness (QED) is 0.732. The first-order valence-electron chi connectivity index (χ1n) is 6.81. The van der Waals surface area contributed by atoms with E-state index in [0.29, 0.717) is 12.5 Å². The summed E-state index contributed by atoms with van der Waals surface area (Å²) in [4.78, 5) is 2.38. The van der Waals surface area contributed by atoms with Gasteiger partial charge in [-0.1, -0.05) is 0 Å². The molecular formula is C12H24N2O3S. The minimum absolute atomic E-state index is 0.0979. The van der Waals surface area contributed by atoms with Crippen LogP contribution < -0.4 is 4.72 Å². The highest BCUT2D eigenvalue weighted by Crippen LogP contribution is 2.27. The number of ether oxygens (including phenoxy) is 1. The summed E-state index contributed by atoms with van der Waals surface area (Å²) in [5, 5.41) is -0.0979. The number of likely N-dealkylation sites (tertiary alicyclic amines) is 1. The third-order valence-electron chi connectivity index (χ3n) is 3.86. The standard InChI is InChI=1S/C12H24N2O3S/c1-17-9-8-14-6-4-11(5-7-14)10-13-18(15,16)12-2-3-12/h11-13H,2-10H2,1H3. The number of rotatable bonds is 7. The van der Waals surface area contributed by atoms with Crippen LogP contribution in [-0.2, 0) is 14.8 Å². The van der Waals surface area contributed by atoms with Crippen molar-refractivity contribution >= 4 is 10.0 Å². The highest BCUT2D eigenvalue weighted by molar-refractivity contribution is 7.90. The predicted molar refractivity (Wildman–Crippen MR) is 71.0 cm³/mol. The van der Waals surface area contributed by atoms with Crippen LogP contribution in [0.2, 0.25) is 0 Å². The van der Waals surface area contributed by atoms with Gasteiger partial charge in [0.1, 0.15) is 0 Å². The second-order valence-corrected chi connectivity index (χ2v) is 7.42. The summed E-state index contributed by atoms with van der Waals surface area (Å²) in [5.41, 5.74) is 0. The number of hydrogen-bond donors (Lipinski definition) is 1. The van der Waals surface area contributed by atoms with Gasteiger partial charge in [-0.2, -0.15) is 0 Å². The largest absolute Gasteiger partial charge is 0.383 e. The van der Waals surface area contributed by atoms with Gasteiger partial charge in [-0.15, -0.1) is 0 Å². The number of hydrogen-bond acceptors (Lipinski definition) is 4. The monoisotopic (exact) mass is 276 g/mol. The Morgan fingerprint density at radius 3 is 2.44 bits per heavy atom. The van der Waals surface area contributed by atoms with E-state index < -0.39 is 10.0 Å². The van der Waals surface area contributed by atoms with E-state index in [-0.39, 0.29) is 5.25 Å². The minimum atomic E-state index is -3.00. The maximum absolute atomic E-state index is 11.7. The summed E-state index contributed by atoms with van der Waals surface area (Å²) in [6.45, 7) is 4.49. The summed E-state index contributed by atoms with van der Waals surface area (Å²) in [6.07, 6.45) is 3.84. The van der Waals surface area contributed by atoms with Crippen molar-refractivity contribution in [3.8, 4) is 0 Å². The Bertz CT molecular complexity index is 346. The number of nitrogens with zero attached hydrogens (tertiary/aromatic N) is 1. The predicted octanol–water partition coefficient (Wildman–Crippen LogP) is 0.427. The Hall–Kier alpha value is -0.170. The van der Waals surface area contributed by atoms with Crippen molar-refractivity contribution in [2.75, 3.05) is 39.9 Å². The molecule has 1 aliphatic carbocycles. The molecule has 0 aromatic rings. The van der Waals surface area contributed by atoms with Crippen LogP contribution in [0.4, 0.5) is 0 Å². The maximum Gasteiger partial charge on any atom is 0.214 e. The molecule has 2 aliphatic rings. The van der Waals surface area contributed by atoms with E-state index in [1.807, 2.05) is 0 Å². The molecule has 0 bridgehead atoms. The Kier molecular flexibility index (Phi) is 5.00. The van der Waals surface area contributed by atoms with Crippen LogP contribution in [0.1, 0.15) is 25.7 Å². The first-order valence-corrected chi connectivity index (χ1v) is 8.36. The van der Waals surface area contributed by atoms with Crippen molar-refractivity contribution in [3.63, 3.8) is 0 Å². The van der Waals surface area contributed by atoms with Gasteiger partial charge in [0.2, 0.25) is 10.0 Å². The molecule has 0 aromatic carbocycles. The minimum Gasteiger partial charge on any atom is -0.383 e. The summed E-state index contributed by atoms with van der Waals surface area (Å²) in [7, 11) is -1.28. The van der Waals surface area contributed by atoms with Crippen molar-refractivity contribution in [2.24, 2.45) is 5.92 Å². The van der Waals surface area contributed by atoms with Gasteiger partial charge < -0.3 is 9.64 Å². The molecule has 5 nitrogen and oxygen atoms in total. The topological polar surface area (TPSA) is 58.6 Å². The van der Waals surface area contributed by atoms with Crippen molar-refractivity contribution in [1.82, 2.24) is 9.62 Å². The molecule has 1 saturated heterocycles. The molecule has 0 spiro atoms. The van der Waals surface area contributed by atoms with Gasteiger partial charge >= 0.3 is 0 Å². The van der Waals surface area contributed by atoms with Crippen LogP contribution in [0, 0.1) is 5.92 Å². The highest BCUT2D eigenvalue weighted by Gasteiger charge is 2.35. The lowest BCUT2D eigenvalue weighted by atomic mass is 9.97. The molecule has 18 heavy (non-hydrogen) atoms. The molecule has 1 N–H and O–H groups in total. The molecule has 1 saturated carbocycles. The second kappa shape index (κ2) is 6.32. The van der Waals surface area contributed by atoms with E-state index in [2.05, 4.69) is 9.62 Å². The fourth-order valence-electron chi connectivity index (χ4n) is 2.36. The van der Waals surface area contributed by atoms with Gasteiger partial charge in [-0.05, 0) is 44.7 Å².